The molecule has 4 heteroatoms. The summed E-state index contributed by atoms with van der Waals surface area (Å²) in [6, 6.07) is 0. The summed E-state index contributed by atoms with van der Waals surface area (Å²) >= 11 is 0. The standard InChI is InChI=1S/C6H14N2O2/c7-4-2-1-3-5-8(10)6-9/h6,10H,1-5,7H2. The van der Waals surface area contributed by atoms with Crippen LogP contribution in [0.15, 0.2) is 0 Å². The van der Waals surface area contributed by atoms with E-state index in [1.165, 1.54) is 0 Å². The highest BCUT2D eigenvalue weighted by Gasteiger charge is 1.93. The minimum atomic E-state index is 0.405. The van der Waals surface area contributed by atoms with Gasteiger partial charge >= 0.3 is 0 Å². The van der Waals surface area contributed by atoms with Crippen molar-refractivity contribution in [2.75, 3.05) is 13.1 Å². The maximum atomic E-state index is 9.82. The normalized spacial score (nSPS) is 9.40. The third-order valence-electron chi connectivity index (χ3n) is 1.21. The minimum absolute atomic E-state index is 0.405. The lowest BCUT2D eigenvalue weighted by atomic mass is 10.2. The Balaban J connectivity index is 2.95. The highest BCUT2D eigenvalue weighted by Crippen LogP contribution is 1.93. The van der Waals surface area contributed by atoms with Crippen molar-refractivity contribution in [3.63, 3.8) is 0 Å². The van der Waals surface area contributed by atoms with Crippen LogP contribution in [-0.2, 0) is 4.79 Å². The van der Waals surface area contributed by atoms with E-state index in [4.69, 9.17) is 10.9 Å². The quantitative estimate of drug-likeness (QED) is 0.239. The summed E-state index contributed by atoms with van der Waals surface area (Å²) in [5.41, 5.74) is 5.23. The predicted octanol–water partition coefficient (Wildman–Crippen LogP) is -0.0370. The molecule has 0 rings (SSSR count). The molecule has 0 aliphatic carbocycles. The fraction of sp³-hybridized carbons (Fsp3) is 0.833. The first-order valence-corrected chi connectivity index (χ1v) is 3.42. The maximum Gasteiger partial charge on any atom is 0.233 e. The number of carbonyl (C=O) groups excluding carboxylic acids is 1. The Morgan fingerprint density at radius 3 is 2.60 bits per heavy atom. The molecule has 0 spiro atoms. The van der Waals surface area contributed by atoms with Gasteiger partial charge in [-0.05, 0) is 19.4 Å². The summed E-state index contributed by atoms with van der Waals surface area (Å²) < 4.78 is 0. The Morgan fingerprint density at radius 2 is 2.10 bits per heavy atom. The number of carbonyl (C=O) groups is 1. The Hall–Kier alpha value is -0.610. The van der Waals surface area contributed by atoms with E-state index < -0.39 is 0 Å². The van der Waals surface area contributed by atoms with Gasteiger partial charge in [0.2, 0.25) is 6.41 Å². The second-order valence-corrected chi connectivity index (χ2v) is 2.12. The van der Waals surface area contributed by atoms with Crippen LogP contribution in [0.4, 0.5) is 0 Å². The van der Waals surface area contributed by atoms with Gasteiger partial charge in [-0.15, -0.1) is 0 Å². The van der Waals surface area contributed by atoms with E-state index in [1.54, 1.807) is 0 Å². The van der Waals surface area contributed by atoms with Crippen LogP contribution < -0.4 is 5.73 Å². The average molecular weight is 146 g/mol. The first-order valence-electron chi connectivity index (χ1n) is 3.42. The van der Waals surface area contributed by atoms with Gasteiger partial charge in [0.1, 0.15) is 0 Å². The molecule has 0 atom stereocenters. The summed E-state index contributed by atoms with van der Waals surface area (Å²) in [4.78, 5) is 9.82. The zero-order valence-electron chi connectivity index (χ0n) is 5.99. The molecule has 3 N–H and O–H groups in total. The van der Waals surface area contributed by atoms with Crippen LogP contribution in [0.3, 0.4) is 0 Å². The fourth-order valence-electron chi connectivity index (χ4n) is 0.648. The Kier molecular flexibility index (Phi) is 6.11. The van der Waals surface area contributed by atoms with Crippen molar-refractivity contribution in [1.82, 2.24) is 5.06 Å². The van der Waals surface area contributed by atoms with Crippen LogP contribution in [0, 0.1) is 0 Å². The van der Waals surface area contributed by atoms with Crippen molar-refractivity contribution in [1.29, 1.82) is 0 Å². The second-order valence-electron chi connectivity index (χ2n) is 2.12. The monoisotopic (exact) mass is 146 g/mol. The van der Waals surface area contributed by atoms with Crippen LogP contribution in [0.25, 0.3) is 0 Å². The highest BCUT2D eigenvalue weighted by atomic mass is 16.5. The minimum Gasteiger partial charge on any atom is -0.330 e. The molecule has 1 amide bonds. The molecule has 0 saturated heterocycles. The van der Waals surface area contributed by atoms with Gasteiger partial charge in [0, 0.05) is 6.54 Å². The number of nitrogens with two attached hydrogens (primary N) is 1. The van der Waals surface area contributed by atoms with Gasteiger partial charge in [0.15, 0.2) is 0 Å². The summed E-state index contributed by atoms with van der Waals surface area (Å²) in [5.74, 6) is 0. The summed E-state index contributed by atoms with van der Waals surface area (Å²) in [7, 11) is 0. The molecule has 0 aliphatic heterocycles. The molecule has 0 aliphatic rings. The fourth-order valence-corrected chi connectivity index (χ4v) is 0.648. The summed E-state index contributed by atoms with van der Waals surface area (Å²) in [5, 5.41) is 9.24. The summed E-state index contributed by atoms with van der Waals surface area (Å²) in [6.07, 6.45) is 3.13. The SMILES string of the molecule is NCCCCCN(O)C=O. The van der Waals surface area contributed by atoms with Gasteiger partial charge < -0.3 is 5.73 Å². The van der Waals surface area contributed by atoms with Crippen LogP contribution in [0.1, 0.15) is 19.3 Å². The zero-order valence-corrected chi connectivity index (χ0v) is 5.99. The molecule has 0 heterocycles. The molecule has 0 unspecified atom stereocenters. The first kappa shape index (κ1) is 9.39. The van der Waals surface area contributed by atoms with Crippen LogP contribution in [0.2, 0.25) is 0 Å². The van der Waals surface area contributed by atoms with E-state index >= 15 is 0 Å². The van der Waals surface area contributed by atoms with Crippen molar-refractivity contribution in [3.05, 3.63) is 0 Å². The van der Waals surface area contributed by atoms with Crippen molar-refractivity contribution in [2.45, 2.75) is 19.3 Å². The number of hydrogen-bond acceptors (Lipinski definition) is 3. The van der Waals surface area contributed by atoms with E-state index in [2.05, 4.69) is 0 Å². The van der Waals surface area contributed by atoms with Gasteiger partial charge in [-0.2, -0.15) is 0 Å². The van der Waals surface area contributed by atoms with E-state index in [9.17, 15) is 4.79 Å². The zero-order chi connectivity index (χ0) is 7.82. The van der Waals surface area contributed by atoms with Gasteiger partial charge in [-0.1, -0.05) is 6.42 Å². The molecule has 0 bridgehead atoms. The Labute approximate surface area is 60.6 Å². The van der Waals surface area contributed by atoms with E-state index in [0.29, 0.717) is 24.6 Å². The molecular formula is C6H14N2O2. The molecule has 0 radical (unpaired) electrons. The third-order valence-corrected chi connectivity index (χ3v) is 1.21. The maximum absolute atomic E-state index is 9.82. The first-order chi connectivity index (χ1) is 4.81. The molecular weight excluding hydrogens is 132 g/mol. The third kappa shape index (κ3) is 5.53. The molecule has 0 aromatic rings. The topological polar surface area (TPSA) is 66.6 Å². The van der Waals surface area contributed by atoms with Gasteiger partial charge in [0.25, 0.3) is 0 Å². The largest absolute Gasteiger partial charge is 0.330 e. The van der Waals surface area contributed by atoms with Crippen molar-refractivity contribution < 1.29 is 10.0 Å². The van der Waals surface area contributed by atoms with Crippen molar-refractivity contribution in [3.8, 4) is 0 Å². The van der Waals surface area contributed by atoms with E-state index in [-0.39, 0.29) is 0 Å². The lowest BCUT2D eigenvalue weighted by Crippen LogP contribution is -2.18. The average Bonchev–Trinajstić information content (AvgIpc) is 1.98. The molecule has 0 saturated carbocycles. The number of hydroxylamine groups is 2. The van der Waals surface area contributed by atoms with Crippen LogP contribution in [-0.4, -0.2) is 29.8 Å². The van der Waals surface area contributed by atoms with Crippen LogP contribution in [0.5, 0.6) is 0 Å². The molecule has 60 valence electrons. The van der Waals surface area contributed by atoms with Crippen LogP contribution >= 0.6 is 0 Å². The molecule has 0 aromatic heterocycles. The highest BCUT2D eigenvalue weighted by molar-refractivity contribution is 5.44. The van der Waals surface area contributed by atoms with E-state index in [1.807, 2.05) is 0 Å². The van der Waals surface area contributed by atoms with Gasteiger partial charge in [-0.3, -0.25) is 10.0 Å². The number of amides is 1. The smallest absolute Gasteiger partial charge is 0.233 e. The molecule has 4 nitrogen and oxygen atoms in total. The summed E-state index contributed by atoms with van der Waals surface area (Å²) in [6.45, 7) is 1.08. The molecule has 10 heavy (non-hydrogen) atoms. The lowest BCUT2D eigenvalue weighted by Gasteiger charge is -2.06. The number of hydrogen-bond donors (Lipinski definition) is 2. The van der Waals surface area contributed by atoms with Gasteiger partial charge in [0.05, 0.1) is 0 Å². The number of nitrogens with zero attached hydrogens (tertiary/aromatic N) is 1. The predicted molar refractivity (Wildman–Crippen MR) is 37.5 cm³/mol. The molecule has 0 aromatic carbocycles. The van der Waals surface area contributed by atoms with E-state index in [0.717, 1.165) is 19.3 Å². The van der Waals surface area contributed by atoms with Crippen molar-refractivity contribution in [2.24, 2.45) is 5.73 Å². The number of unbranched alkanes of at least 4 members (excludes halogenated alkanes) is 2. The molecule has 0 fully saturated rings. The lowest BCUT2D eigenvalue weighted by molar-refractivity contribution is -0.149. The Morgan fingerprint density at radius 1 is 1.40 bits per heavy atom. The number of rotatable bonds is 6. The Bertz CT molecular complexity index is 87.8. The second kappa shape index (κ2) is 6.51. The van der Waals surface area contributed by atoms with Crippen molar-refractivity contribution >= 4 is 6.41 Å². The van der Waals surface area contributed by atoms with Gasteiger partial charge in [-0.25, -0.2) is 5.06 Å².